The van der Waals surface area contributed by atoms with Gasteiger partial charge in [0.1, 0.15) is 5.83 Å². The highest BCUT2D eigenvalue weighted by Crippen LogP contribution is 2.30. The Hall–Kier alpha value is -0.220. The number of nitrogens with two attached hydrogens (primary N) is 1. The zero-order chi connectivity index (χ0) is 7.78. The van der Waals surface area contributed by atoms with Gasteiger partial charge in [0.05, 0.1) is 6.04 Å². The molecule has 1 rings (SSSR count). The molecular formula is C6H6BrF2N. The summed E-state index contributed by atoms with van der Waals surface area (Å²) in [5.74, 6) is -0.500. The summed E-state index contributed by atoms with van der Waals surface area (Å²) in [6.07, 6.45) is 3.11. The Morgan fingerprint density at radius 3 is 2.70 bits per heavy atom. The quantitative estimate of drug-likeness (QED) is 0.606. The van der Waals surface area contributed by atoms with Crippen LogP contribution in [0.1, 0.15) is 0 Å². The first-order chi connectivity index (χ1) is 4.52. The monoisotopic (exact) mass is 209 g/mol. The van der Waals surface area contributed by atoms with E-state index in [1.54, 1.807) is 0 Å². The highest BCUT2D eigenvalue weighted by molar-refractivity contribution is 9.10. The van der Waals surface area contributed by atoms with Crippen LogP contribution in [0.2, 0.25) is 0 Å². The van der Waals surface area contributed by atoms with Crippen LogP contribution < -0.4 is 5.73 Å². The third-order valence-electron chi connectivity index (χ3n) is 1.25. The van der Waals surface area contributed by atoms with E-state index in [-0.39, 0.29) is 0 Å². The van der Waals surface area contributed by atoms with Crippen molar-refractivity contribution in [1.82, 2.24) is 0 Å². The van der Waals surface area contributed by atoms with Crippen molar-refractivity contribution < 1.29 is 8.78 Å². The predicted molar refractivity (Wildman–Crippen MR) is 39.1 cm³/mol. The second kappa shape index (κ2) is 2.43. The maximum absolute atomic E-state index is 12.9. The van der Waals surface area contributed by atoms with Gasteiger partial charge in [-0.3, -0.25) is 0 Å². The number of hydrogen-bond acceptors (Lipinski definition) is 1. The molecule has 4 heteroatoms. The van der Waals surface area contributed by atoms with Crippen LogP contribution in [-0.2, 0) is 0 Å². The van der Waals surface area contributed by atoms with E-state index in [0.29, 0.717) is 0 Å². The maximum Gasteiger partial charge on any atom is 0.202 e. The molecule has 0 bridgehead atoms. The van der Waals surface area contributed by atoms with Crippen molar-refractivity contribution in [3.05, 3.63) is 24.1 Å². The van der Waals surface area contributed by atoms with Crippen LogP contribution in [0.3, 0.4) is 0 Å². The molecule has 0 aromatic rings. The molecule has 1 aliphatic rings. The first-order valence-corrected chi connectivity index (χ1v) is 3.51. The lowest BCUT2D eigenvalue weighted by Crippen LogP contribution is -2.37. The molecule has 10 heavy (non-hydrogen) atoms. The summed E-state index contributed by atoms with van der Waals surface area (Å²) >= 11 is 2.70. The van der Waals surface area contributed by atoms with Gasteiger partial charge in [-0.25, -0.2) is 8.78 Å². The van der Waals surface area contributed by atoms with E-state index >= 15 is 0 Å². The summed E-state index contributed by atoms with van der Waals surface area (Å²) in [4.78, 5) is 0. The predicted octanol–water partition coefficient (Wildman–Crippen LogP) is 1.80. The van der Waals surface area contributed by atoms with Crippen molar-refractivity contribution in [2.75, 3.05) is 0 Å². The average molecular weight is 210 g/mol. The molecule has 0 saturated heterocycles. The van der Waals surface area contributed by atoms with Gasteiger partial charge < -0.3 is 5.73 Å². The number of alkyl halides is 2. The molecular weight excluding hydrogens is 204 g/mol. The molecule has 0 saturated carbocycles. The van der Waals surface area contributed by atoms with Crippen molar-refractivity contribution in [2.45, 2.75) is 10.6 Å². The van der Waals surface area contributed by atoms with Crippen LogP contribution >= 0.6 is 15.9 Å². The lowest BCUT2D eigenvalue weighted by atomic mass is 10.1. The second-order valence-corrected chi connectivity index (χ2v) is 3.30. The number of rotatable bonds is 0. The standard InChI is InChI=1S/C6H6BrF2N/c7-6(9)2-1-4(8)3-5(6)10/h1-3,5H,10H2. The Morgan fingerprint density at radius 1 is 1.70 bits per heavy atom. The van der Waals surface area contributed by atoms with Crippen LogP contribution in [0.25, 0.3) is 0 Å². The molecule has 0 spiro atoms. The van der Waals surface area contributed by atoms with Gasteiger partial charge in [0.2, 0.25) is 4.58 Å². The lowest BCUT2D eigenvalue weighted by molar-refractivity contribution is 0.330. The van der Waals surface area contributed by atoms with E-state index in [4.69, 9.17) is 5.73 Å². The topological polar surface area (TPSA) is 26.0 Å². The van der Waals surface area contributed by atoms with Gasteiger partial charge in [-0.2, -0.15) is 0 Å². The minimum Gasteiger partial charge on any atom is -0.321 e. The summed E-state index contributed by atoms with van der Waals surface area (Å²) in [6.45, 7) is 0. The molecule has 1 aliphatic carbocycles. The molecule has 0 radical (unpaired) electrons. The molecule has 2 atom stereocenters. The summed E-state index contributed by atoms with van der Waals surface area (Å²) in [6, 6.07) is -0.947. The smallest absolute Gasteiger partial charge is 0.202 e. The Balaban J connectivity index is 2.84. The van der Waals surface area contributed by atoms with Gasteiger partial charge in [0.15, 0.2) is 0 Å². The lowest BCUT2D eigenvalue weighted by Gasteiger charge is -2.21. The maximum atomic E-state index is 12.9. The summed E-state index contributed by atoms with van der Waals surface area (Å²) in [5.41, 5.74) is 5.21. The molecule has 2 unspecified atom stereocenters. The van der Waals surface area contributed by atoms with Crippen molar-refractivity contribution in [3.63, 3.8) is 0 Å². The Labute approximate surface area is 65.7 Å². The highest BCUT2D eigenvalue weighted by atomic mass is 79.9. The largest absolute Gasteiger partial charge is 0.321 e. The van der Waals surface area contributed by atoms with Gasteiger partial charge in [-0.05, 0) is 34.2 Å². The van der Waals surface area contributed by atoms with Crippen LogP contribution in [0.4, 0.5) is 8.78 Å². The minimum absolute atomic E-state index is 0.500. The van der Waals surface area contributed by atoms with Gasteiger partial charge in [-0.15, -0.1) is 0 Å². The molecule has 0 aliphatic heterocycles. The van der Waals surface area contributed by atoms with E-state index in [0.717, 1.165) is 18.2 Å². The van der Waals surface area contributed by atoms with Crippen molar-refractivity contribution >= 4 is 15.9 Å². The van der Waals surface area contributed by atoms with Crippen LogP contribution in [0, 0.1) is 0 Å². The fourth-order valence-corrected chi connectivity index (χ4v) is 0.904. The first kappa shape index (κ1) is 7.88. The third-order valence-corrected chi connectivity index (χ3v) is 2.04. The van der Waals surface area contributed by atoms with Crippen LogP contribution in [0.5, 0.6) is 0 Å². The van der Waals surface area contributed by atoms with Gasteiger partial charge >= 0.3 is 0 Å². The van der Waals surface area contributed by atoms with E-state index in [1.165, 1.54) is 0 Å². The van der Waals surface area contributed by atoms with Gasteiger partial charge in [-0.1, -0.05) is 0 Å². The Kier molecular flexibility index (Phi) is 1.92. The van der Waals surface area contributed by atoms with Crippen molar-refractivity contribution in [2.24, 2.45) is 5.73 Å². The molecule has 0 amide bonds. The fraction of sp³-hybridized carbons (Fsp3) is 0.333. The minimum atomic E-state index is -1.79. The summed E-state index contributed by atoms with van der Waals surface area (Å²) in [5, 5.41) is 0. The highest BCUT2D eigenvalue weighted by Gasteiger charge is 2.32. The van der Waals surface area contributed by atoms with E-state index in [1.807, 2.05) is 0 Å². The average Bonchev–Trinajstić information content (AvgIpc) is 1.81. The Bertz CT molecular complexity index is 198. The van der Waals surface area contributed by atoms with E-state index in [9.17, 15) is 8.78 Å². The van der Waals surface area contributed by atoms with Gasteiger partial charge in [0, 0.05) is 0 Å². The van der Waals surface area contributed by atoms with Crippen molar-refractivity contribution in [1.29, 1.82) is 0 Å². The molecule has 1 nitrogen and oxygen atoms in total. The van der Waals surface area contributed by atoms with E-state index < -0.39 is 16.4 Å². The third kappa shape index (κ3) is 1.44. The number of allylic oxidation sites excluding steroid dienone is 2. The summed E-state index contributed by atoms with van der Waals surface area (Å²) < 4.78 is 23.4. The molecule has 2 N–H and O–H groups in total. The first-order valence-electron chi connectivity index (χ1n) is 2.72. The number of halogens is 3. The molecule has 0 aromatic carbocycles. The normalized spacial score (nSPS) is 39.6. The zero-order valence-electron chi connectivity index (χ0n) is 5.02. The SMILES string of the molecule is NC1C=C(F)C=CC1(F)Br. The fourth-order valence-electron chi connectivity index (χ4n) is 0.640. The molecule has 0 aromatic heterocycles. The Morgan fingerprint density at radius 2 is 2.30 bits per heavy atom. The van der Waals surface area contributed by atoms with E-state index in [2.05, 4.69) is 15.9 Å². The summed E-state index contributed by atoms with van der Waals surface area (Å²) in [7, 11) is 0. The molecule has 0 heterocycles. The van der Waals surface area contributed by atoms with Gasteiger partial charge in [0.25, 0.3) is 0 Å². The number of hydrogen-bond donors (Lipinski definition) is 1. The molecule has 56 valence electrons. The zero-order valence-corrected chi connectivity index (χ0v) is 6.61. The van der Waals surface area contributed by atoms with Crippen LogP contribution in [0.15, 0.2) is 24.1 Å². The molecule has 0 fully saturated rings. The van der Waals surface area contributed by atoms with Crippen LogP contribution in [-0.4, -0.2) is 10.6 Å². The van der Waals surface area contributed by atoms with Crippen molar-refractivity contribution in [3.8, 4) is 0 Å². The second-order valence-electron chi connectivity index (χ2n) is 2.09.